The van der Waals surface area contributed by atoms with Crippen molar-refractivity contribution in [3.8, 4) is 5.75 Å². The molecule has 0 aromatic heterocycles. The van der Waals surface area contributed by atoms with Crippen LogP contribution in [0.4, 0.5) is 0 Å². The molecule has 0 spiro atoms. The minimum absolute atomic E-state index is 0.0794. The van der Waals surface area contributed by atoms with E-state index < -0.39 is 0 Å². The number of aromatic hydroxyl groups is 1. The van der Waals surface area contributed by atoms with Gasteiger partial charge in [-0.05, 0) is 48.1 Å². The largest absolute Gasteiger partial charge is 0.508 e. The first-order valence-electron chi connectivity index (χ1n) is 5.82. The second-order valence-corrected chi connectivity index (χ2v) is 5.13. The summed E-state index contributed by atoms with van der Waals surface area (Å²) in [6, 6.07) is 5.56. The van der Waals surface area contributed by atoms with E-state index in [0.29, 0.717) is 5.75 Å². The molecule has 0 fully saturated rings. The van der Waals surface area contributed by atoms with Crippen molar-refractivity contribution in [3.63, 3.8) is 0 Å². The fraction of sp³-hybridized carbons (Fsp3) is 0.429. The fourth-order valence-electron chi connectivity index (χ4n) is 3.07. The van der Waals surface area contributed by atoms with Gasteiger partial charge in [0, 0.05) is 5.41 Å². The van der Waals surface area contributed by atoms with Gasteiger partial charge >= 0.3 is 0 Å². The Balaban J connectivity index is 2.15. The van der Waals surface area contributed by atoms with Gasteiger partial charge < -0.3 is 10.2 Å². The van der Waals surface area contributed by atoms with Crippen molar-refractivity contribution in [2.24, 2.45) is 5.41 Å². The van der Waals surface area contributed by atoms with Gasteiger partial charge in [0.2, 0.25) is 0 Å². The van der Waals surface area contributed by atoms with Crippen LogP contribution in [0.1, 0.15) is 30.9 Å². The Morgan fingerprint density at radius 2 is 2.19 bits per heavy atom. The van der Waals surface area contributed by atoms with Crippen molar-refractivity contribution in [2.75, 3.05) is 0 Å². The van der Waals surface area contributed by atoms with Gasteiger partial charge in [0.1, 0.15) is 5.75 Å². The van der Waals surface area contributed by atoms with Crippen LogP contribution < -0.4 is 0 Å². The Morgan fingerprint density at radius 3 is 3.00 bits per heavy atom. The molecule has 2 aliphatic rings. The monoisotopic (exact) mass is 216 g/mol. The standard InChI is InChI=1S/C14H16O2/c1-14-7-6-9-8-10(15)2-3-11(9)12(14)4-5-13(14)16/h2-4,8,13,15-16H,5-7H2,1H3. The third-order valence-corrected chi connectivity index (χ3v) is 4.19. The maximum atomic E-state index is 10.1. The van der Waals surface area contributed by atoms with E-state index in [2.05, 4.69) is 13.0 Å². The van der Waals surface area contributed by atoms with Gasteiger partial charge in [-0.2, -0.15) is 0 Å². The molecule has 2 atom stereocenters. The quantitative estimate of drug-likeness (QED) is 0.699. The second kappa shape index (κ2) is 3.11. The SMILES string of the molecule is CC12CCc3cc(O)ccc3C1=CCC2O. The Bertz CT molecular complexity index is 476. The number of aliphatic hydroxyl groups excluding tert-OH is 1. The van der Waals surface area contributed by atoms with E-state index in [1.165, 1.54) is 16.7 Å². The lowest BCUT2D eigenvalue weighted by molar-refractivity contribution is 0.0826. The zero-order valence-corrected chi connectivity index (χ0v) is 9.40. The molecule has 0 aliphatic heterocycles. The molecule has 0 amide bonds. The lowest BCUT2D eigenvalue weighted by Crippen LogP contribution is -2.32. The molecule has 2 nitrogen and oxygen atoms in total. The van der Waals surface area contributed by atoms with Crippen molar-refractivity contribution in [1.82, 2.24) is 0 Å². The average molecular weight is 216 g/mol. The maximum absolute atomic E-state index is 10.1. The summed E-state index contributed by atoms with van der Waals surface area (Å²) in [6.07, 6.45) is 4.57. The number of hydrogen-bond donors (Lipinski definition) is 2. The number of aryl methyl sites for hydroxylation is 1. The third-order valence-electron chi connectivity index (χ3n) is 4.19. The summed E-state index contributed by atoms with van der Waals surface area (Å²) >= 11 is 0. The molecule has 0 saturated carbocycles. The predicted octanol–water partition coefficient (Wildman–Crippen LogP) is 2.49. The molecule has 84 valence electrons. The molecular weight excluding hydrogens is 200 g/mol. The third kappa shape index (κ3) is 1.17. The zero-order chi connectivity index (χ0) is 11.3. The Morgan fingerprint density at radius 1 is 1.38 bits per heavy atom. The molecule has 1 aromatic carbocycles. The van der Waals surface area contributed by atoms with Crippen LogP contribution in [0.25, 0.3) is 5.57 Å². The Labute approximate surface area is 95.2 Å². The number of rotatable bonds is 0. The number of phenolic OH excluding ortho intramolecular Hbond substituents is 1. The van der Waals surface area contributed by atoms with Crippen molar-refractivity contribution in [2.45, 2.75) is 32.3 Å². The second-order valence-electron chi connectivity index (χ2n) is 5.13. The molecule has 1 aromatic rings. The van der Waals surface area contributed by atoms with Gasteiger partial charge in [-0.3, -0.25) is 0 Å². The minimum atomic E-state index is -0.246. The average Bonchev–Trinajstić information content (AvgIpc) is 2.56. The van der Waals surface area contributed by atoms with Gasteiger partial charge in [0.15, 0.2) is 0 Å². The highest BCUT2D eigenvalue weighted by atomic mass is 16.3. The highest BCUT2D eigenvalue weighted by Gasteiger charge is 2.43. The smallest absolute Gasteiger partial charge is 0.115 e. The first-order valence-corrected chi connectivity index (χ1v) is 5.82. The maximum Gasteiger partial charge on any atom is 0.115 e. The lowest BCUT2D eigenvalue weighted by Gasteiger charge is -2.37. The van der Waals surface area contributed by atoms with Gasteiger partial charge in [0.25, 0.3) is 0 Å². The molecule has 3 rings (SSSR count). The van der Waals surface area contributed by atoms with Crippen molar-refractivity contribution >= 4 is 5.57 Å². The molecule has 0 heterocycles. The molecule has 0 radical (unpaired) electrons. The fourth-order valence-corrected chi connectivity index (χ4v) is 3.07. The Kier molecular flexibility index (Phi) is 1.93. The molecule has 16 heavy (non-hydrogen) atoms. The van der Waals surface area contributed by atoms with E-state index in [-0.39, 0.29) is 11.5 Å². The summed E-state index contributed by atoms with van der Waals surface area (Å²) in [6.45, 7) is 2.15. The van der Waals surface area contributed by atoms with Crippen LogP contribution in [-0.4, -0.2) is 16.3 Å². The van der Waals surface area contributed by atoms with E-state index >= 15 is 0 Å². The van der Waals surface area contributed by atoms with Crippen LogP contribution in [0.2, 0.25) is 0 Å². The lowest BCUT2D eigenvalue weighted by atomic mass is 9.69. The van der Waals surface area contributed by atoms with Crippen LogP contribution in [-0.2, 0) is 6.42 Å². The van der Waals surface area contributed by atoms with E-state index in [4.69, 9.17) is 0 Å². The highest BCUT2D eigenvalue weighted by molar-refractivity contribution is 5.77. The summed E-state index contributed by atoms with van der Waals surface area (Å²) in [7, 11) is 0. The first kappa shape index (κ1) is 9.91. The molecule has 0 saturated heterocycles. The van der Waals surface area contributed by atoms with E-state index in [1.807, 2.05) is 12.1 Å². The van der Waals surface area contributed by atoms with Crippen LogP contribution >= 0.6 is 0 Å². The molecule has 2 heteroatoms. The van der Waals surface area contributed by atoms with E-state index in [9.17, 15) is 10.2 Å². The molecule has 2 aliphatic carbocycles. The number of aliphatic hydroxyl groups is 1. The Hall–Kier alpha value is -1.28. The van der Waals surface area contributed by atoms with E-state index in [1.54, 1.807) is 6.07 Å². The van der Waals surface area contributed by atoms with Crippen LogP contribution in [0, 0.1) is 5.41 Å². The van der Waals surface area contributed by atoms with Crippen LogP contribution in [0.15, 0.2) is 24.3 Å². The van der Waals surface area contributed by atoms with Crippen molar-refractivity contribution < 1.29 is 10.2 Å². The summed E-state index contributed by atoms with van der Waals surface area (Å²) in [5, 5.41) is 19.5. The predicted molar refractivity (Wildman–Crippen MR) is 63.1 cm³/mol. The molecule has 2 N–H and O–H groups in total. The van der Waals surface area contributed by atoms with Crippen LogP contribution in [0.3, 0.4) is 0 Å². The van der Waals surface area contributed by atoms with Crippen molar-refractivity contribution in [3.05, 3.63) is 35.4 Å². The van der Waals surface area contributed by atoms with Gasteiger partial charge in [0.05, 0.1) is 6.10 Å². The number of hydrogen-bond acceptors (Lipinski definition) is 2. The van der Waals surface area contributed by atoms with E-state index in [0.717, 1.165) is 19.3 Å². The minimum Gasteiger partial charge on any atom is -0.508 e. The summed E-state index contributed by atoms with van der Waals surface area (Å²) in [5.41, 5.74) is 3.60. The van der Waals surface area contributed by atoms with Gasteiger partial charge in [-0.25, -0.2) is 0 Å². The number of benzene rings is 1. The summed E-state index contributed by atoms with van der Waals surface area (Å²) < 4.78 is 0. The number of phenols is 1. The van der Waals surface area contributed by atoms with Crippen molar-refractivity contribution in [1.29, 1.82) is 0 Å². The summed E-state index contributed by atoms with van der Waals surface area (Å²) in [5.74, 6) is 0.335. The van der Waals surface area contributed by atoms with Gasteiger partial charge in [-0.15, -0.1) is 0 Å². The van der Waals surface area contributed by atoms with Crippen LogP contribution in [0.5, 0.6) is 5.75 Å². The number of fused-ring (bicyclic) bond motifs is 3. The topological polar surface area (TPSA) is 40.5 Å². The highest BCUT2D eigenvalue weighted by Crippen LogP contribution is 2.52. The first-order chi connectivity index (χ1) is 7.61. The molecule has 0 bridgehead atoms. The van der Waals surface area contributed by atoms with Gasteiger partial charge in [-0.1, -0.05) is 19.1 Å². The zero-order valence-electron chi connectivity index (χ0n) is 9.40. The summed E-state index contributed by atoms with van der Waals surface area (Å²) in [4.78, 5) is 0. The normalized spacial score (nSPS) is 31.9. The molecular formula is C14H16O2. The molecule has 2 unspecified atom stereocenters.